The van der Waals surface area contributed by atoms with Crippen molar-refractivity contribution in [3.8, 4) is 0 Å². The van der Waals surface area contributed by atoms with E-state index in [0.717, 1.165) is 26.0 Å². The monoisotopic (exact) mass is 287 g/mol. The molecule has 1 aromatic heterocycles. The van der Waals surface area contributed by atoms with Crippen LogP contribution in [0.2, 0.25) is 0 Å². The van der Waals surface area contributed by atoms with Crippen LogP contribution in [0.4, 0.5) is 0 Å². The maximum absolute atomic E-state index is 6.11. The number of hydrogen-bond donors (Lipinski definition) is 0. The summed E-state index contributed by atoms with van der Waals surface area (Å²) in [6.45, 7) is 8.11. The van der Waals surface area contributed by atoms with E-state index >= 15 is 0 Å². The van der Waals surface area contributed by atoms with E-state index in [-0.39, 0.29) is 11.5 Å². The highest BCUT2D eigenvalue weighted by Crippen LogP contribution is 2.23. The molecule has 0 saturated carbocycles. The first kappa shape index (κ1) is 15.7. The molecule has 4 heteroatoms. The zero-order valence-electron chi connectivity index (χ0n) is 13.2. The van der Waals surface area contributed by atoms with E-state index in [2.05, 4.69) is 55.1 Å². The molecule has 2 aromatic rings. The fourth-order valence-corrected chi connectivity index (χ4v) is 2.22. The largest absolute Gasteiger partial charge is 0.376 e. The van der Waals surface area contributed by atoms with Crippen LogP contribution in [0.25, 0.3) is 0 Å². The lowest BCUT2D eigenvalue weighted by molar-refractivity contribution is -0.0308. The maximum atomic E-state index is 6.11. The molecule has 1 atom stereocenters. The number of aryl methyl sites for hydroxylation is 1. The fourth-order valence-electron chi connectivity index (χ4n) is 2.22. The predicted octanol–water partition coefficient (Wildman–Crippen LogP) is 3.34. The summed E-state index contributed by atoms with van der Waals surface area (Å²) >= 11 is 0. The molecule has 0 radical (unpaired) electrons. The average molecular weight is 287 g/mol. The van der Waals surface area contributed by atoms with Crippen molar-refractivity contribution in [1.29, 1.82) is 0 Å². The molecule has 0 aliphatic heterocycles. The van der Waals surface area contributed by atoms with E-state index in [1.165, 1.54) is 5.56 Å². The molecular formula is C17H25N3O. The van der Waals surface area contributed by atoms with Gasteiger partial charge in [-0.1, -0.05) is 51.1 Å². The first-order chi connectivity index (χ1) is 10.1. The molecule has 1 heterocycles. The topological polar surface area (TPSA) is 39.9 Å². The summed E-state index contributed by atoms with van der Waals surface area (Å²) in [4.78, 5) is 3.99. The number of hydrogen-bond acceptors (Lipinski definition) is 3. The Hall–Kier alpha value is -1.68. The minimum absolute atomic E-state index is 0.0820. The van der Waals surface area contributed by atoms with Gasteiger partial charge in [-0.15, -0.1) is 0 Å². The van der Waals surface area contributed by atoms with E-state index in [1.54, 1.807) is 12.7 Å². The fraction of sp³-hybridized carbons (Fsp3) is 0.529. The molecule has 1 aromatic carbocycles. The summed E-state index contributed by atoms with van der Waals surface area (Å²) in [5.41, 5.74) is 1.45. The van der Waals surface area contributed by atoms with E-state index in [0.29, 0.717) is 0 Å². The van der Waals surface area contributed by atoms with Gasteiger partial charge in [-0.2, -0.15) is 5.10 Å². The standard InChI is InChI=1S/C17H25N3O/c1-17(2,3)16(12-20-14-18-13-19-20)21-11-7-10-15-8-5-4-6-9-15/h4-6,8-9,13-14,16H,7,10-12H2,1-3H3. The summed E-state index contributed by atoms with van der Waals surface area (Å²) in [6.07, 6.45) is 5.53. The van der Waals surface area contributed by atoms with Crippen LogP contribution in [0.1, 0.15) is 32.8 Å². The second-order valence-electron chi connectivity index (χ2n) is 6.43. The van der Waals surface area contributed by atoms with Crippen LogP contribution in [0.5, 0.6) is 0 Å². The summed E-state index contributed by atoms with van der Waals surface area (Å²) in [5.74, 6) is 0. The van der Waals surface area contributed by atoms with E-state index in [1.807, 2.05) is 10.7 Å². The molecule has 0 amide bonds. The number of ether oxygens (including phenoxy) is 1. The molecule has 0 aliphatic carbocycles. The van der Waals surface area contributed by atoms with Gasteiger partial charge in [-0.05, 0) is 23.8 Å². The summed E-state index contributed by atoms with van der Waals surface area (Å²) < 4.78 is 7.95. The highest BCUT2D eigenvalue weighted by molar-refractivity contribution is 5.14. The van der Waals surface area contributed by atoms with E-state index in [4.69, 9.17) is 4.74 Å². The van der Waals surface area contributed by atoms with Crippen molar-refractivity contribution >= 4 is 0 Å². The first-order valence-electron chi connectivity index (χ1n) is 7.53. The van der Waals surface area contributed by atoms with Crippen LogP contribution >= 0.6 is 0 Å². The molecule has 21 heavy (non-hydrogen) atoms. The smallest absolute Gasteiger partial charge is 0.137 e. The molecule has 0 aliphatic rings. The van der Waals surface area contributed by atoms with Gasteiger partial charge in [0.2, 0.25) is 0 Å². The molecule has 114 valence electrons. The maximum Gasteiger partial charge on any atom is 0.137 e. The second kappa shape index (κ2) is 7.36. The van der Waals surface area contributed by atoms with Crippen molar-refractivity contribution in [2.24, 2.45) is 5.41 Å². The minimum Gasteiger partial charge on any atom is -0.376 e. The average Bonchev–Trinajstić information content (AvgIpc) is 2.95. The van der Waals surface area contributed by atoms with Gasteiger partial charge in [0.25, 0.3) is 0 Å². The van der Waals surface area contributed by atoms with Crippen molar-refractivity contribution in [1.82, 2.24) is 14.8 Å². The van der Waals surface area contributed by atoms with E-state index < -0.39 is 0 Å². The second-order valence-corrected chi connectivity index (χ2v) is 6.43. The quantitative estimate of drug-likeness (QED) is 0.733. The van der Waals surface area contributed by atoms with Crippen LogP contribution in [-0.4, -0.2) is 27.5 Å². The summed E-state index contributed by atoms with van der Waals surface area (Å²) in [5, 5.41) is 4.17. The van der Waals surface area contributed by atoms with Gasteiger partial charge in [-0.3, -0.25) is 4.68 Å². The van der Waals surface area contributed by atoms with Crippen molar-refractivity contribution in [3.63, 3.8) is 0 Å². The molecule has 1 unspecified atom stereocenters. The molecule has 4 nitrogen and oxygen atoms in total. The van der Waals surface area contributed by atoms with Crippen molar-refractivity contribution in [2.45, 2.75) is 46.3 Å². The Labute approximate surface area is 127 Å². The van der Waals surface area contributed by atoms with E-state index in [9.17, 15) is 0 Å². The van der Waals surface area contributed by atoms with Gasteiger partial charge in [0, 0.05) is 6.61 Å². The molecule has 2 rings (SSSR count). The Kier molecular flexibility index (Phi) is 5.51. The van der Waals surface area contributed by atoms with Gasteiger partial charge in [0.1, 0.15) is 12.7 Å². The van der Waals surface area contributed by atoms with Gasteiger partial charge in [0.05, 0.1) is 12.6 Å². The van der Waals surface area contributed by atoms with Crippen LogP contribution in [0.15, 0.2) is 43.0 Å². The number of benzene rings is 1. The van der Waals surface area contributed by atoms with Crippen LogP contribution in [0.3, 0.4) is 0 Å². The molecule has 0 N–H and O–H groups in total. The molecule has 0 bridgehead atoms. The third-order valence-electron chi connectivity index (χ3n) is 3.56. The van der Waals surface area contributed by atoms with Gasteiger partial charge in [-0.25, -0.2) is 4.98 Å². The minimum atomic E-state index is 0.0820. The Balaban J connectivity index is 1.79. The Morgan fingerprint density at radius 3 is 2.57 bits per heavy atom. The summed E-state index contributed by atoms with van der Waals surface area (Å²) in [6, 6.07) is 10.5. The predicted molar refractivity (Wildman–Crippen MR) is 84.0 cm³/mol. The Morgan fingerprint density at radius 1 is 1.19 bits per heavy atom. The number of aromatic nitrogens is 3. The van der Waals surface area contributed by atoms with Crippen LogP contribution < -0.4 is 0 Å². The van der Waals surface area contributed by atoms with Crippen molar-refractivity contribution in [3.05, 3.63) is 48.5 Å². The van der Waals surface area contributed by atoms with Crippen LogP contribution in [0, 0.1) is 5.41 Å². The molecule has 0 saturated heterocycles. The Bertz CT molecular complexity index is 503. The number of rotatable bonds is 7. The Morgan fingerprint density at radius 2 is 1.95 bits per heavy atom. The number of nitrogens with zero attached hydrogens (tertiary/aromatic N) is 3. The summed E-state index contributed by atoms with van der Waals surface area (Å²) in [7, 11) is 0. The third-order valence-corrected chi connectivity index (χ3v) is 3.56. The normalized spacial score (nSPS) is 13.3. The van der Waals surface area contributed by atoms with Gasteiger partial charge in [0.15, 0.2) is 0 Å². The van der Waals surface area contributed by atoms with Crippen LogP contribution in [-0.2, 0) is 17.7 Å². The highest BCUT2D eigenvalue weighted by Gasteiger charge is 2.26. The molecule has 0 fully saturated rings. The lowest BCUT2D eigenvalue weighted by Gasteiger charge is -2.30. The lowest BCUT2D eigenvalue weighted by Crippen LogP contribution is -2.34. The SMILES string of the molecule is CC(C)(C)C(Cn1cncn1)OCCCc1ccccc1. The molecular weight excluding hydrogens is 262 g/mol. The van der Waals surface area contributed by atoms with Gasteiger partial charge < -0.3 is 4.74 Å². The van der Waals surface area contributed by atoms with Crippen molar-refractivity contribution in [2.75, 3.05) is 6.61 Å². The van der Waals surface area contributed by atoms with Crippen molar-refractivity contribution < 1.29 is 4.74 Å². The highest BCUT2D eigenvalue weighted by atomic mass is 16.5. The zero-order chi connectivity index (χ0) is 15.1. The van der Waals surface area contributed by atoms with Gasteiger partial charge >= 0.3 is 0 Å². The first-order valence-corrected chi connectivity index (χ1v) is 7.53. The lowest BCUT2D eigenvalue weighted by atomic mass is 9.89. The molecule has 0 spiro atoms. The zero-order valence-corrected chi connectivity index (χ0v) is 13.2. The third kappa shape index (κ3) is 5.31.